The Hall–Kier alpha value is -1.95. The van der Waals surface area contributed by atoms with Gasteiger partial charge in [0.2, 0.25) is 0 Å². The van der Waals surface area contributed by atoms with Gasteiger partial charge in [-0.1, -0.05) is 54.4 Å². The molecule has 0 bridgehead atoms. The third kappa shape index (κ3) is 4.72. The maximum atomic E-state index is 12.8. The number of carbonyl (C=O) groups is 2. The van der Waals surface area contributed by atoms with Crippen molar-refractivity contribution in [3.63, 3.8) is 0 Å². The smallest absolute Gasteiger partial charge is 0.293 e. The normalized spacial score (nSPS) is 16.7. The number of halogens is 2. The Balaban J connectivity index is 1.82. The molecule has 1 aliphatic rings. The van der Waals surface area contributed by atoms with E-state index in [1.54, 1.807) is 24.3 Å². The molecule has 146 valence electrons. The number of imide groups is 1. The standard InChI is InChI=1S/C21H19Cl2NO3S/c1-3-13(2)27-18-7-5-4-6-15(18)11-19-20(25)24(21(26)28-19)12-14-8-9-16(22)17(23)10-14/h4-11,13H,3,12H2,1-2H3/b19-11-. The van der Waals surface area contributed by atoms with E-state index in [-0.39, 0.29) is 23.8 Å². The van der Waals surface area contributed by atoms with Crippen molar-refractivity contribution in [3.8, 4) is 5.75 Å². The summed E-state index contributed by atoms with van der Waals surface area (Å²) in [6.45, 7) is 4.17. The lowest BCUT2D eigenvalue weighted by Crippen LogP contribution is -2.27. The molecule has 1 unspecified atom stereocenters. The summed E-state index contributed by atoms with van der Waals surface area (Å²) in [7, 11) is 0. The minimum atomic E-state index is -0.334. The van der Waals surface area contributed by atoms with Crippen LogP contribution in [0.3, 0.4) is 0 Å². The summed E-state index contributed by atoms with van der Waals surface area (Å²) in [5, 5.41) is 0.498. The second-order valence-corrected chi connectivity index (χ2v) is 8.20. The Labute approximate surface area is 178 Å². The average molecular weight is 436 g/mol. The maximum Gasteiger partial charge on any atom is 0.293 e. The molecule has 1 fully saturated rings. The van der Waals surface area contributed by atoms with E-state index in [0.717, 1.165) is 29.3 Å². The van der Waals surface area contributed by atoms with Crippen LogP contribution in [0.2, 0.25) is 10.0 Å². The van der Waals surface area contributed by atoms with Gasteiger partial charge in [-0.2, -0.15) is 0 Å². The zero-order valence-electron chi connectivity index (χ0n) is 15.4. The van der Waals surface area contributed by atoms with Crippen LogP contribution in [0, 0.1) is 0 Å². The van der Waals surface area contributed by atoms with Crippen LogP contribution in [0.4, 0.5) is 4.79 Å². The third-order valence-electron chi connectivity index (χ3n) is 4.31. The van der Waals surface area contributed by atoms with Gasteiger partial charge in [-0.05, 0) is 54.9 Å². The monoisotopic (exact) mass is 435 g/mol. The van der Waals surface area contributed by atoms with Crippen LogP contribution in [0.25, 0.3) is 6.08 Å². The Kier molecular flexibility index (Phi) is 6.70. The fourth-order valence-electron chi connectivity index (χ4n) is 2.61. The van der Waals surface area contributed by atoms with Crippen molar-refractivity contribution in [2.24, 2.45) is 0 Å². The van der Waals surface area contributed by atoms with Gasteiger partial charge in [-0.3, -0.25) is 14.5 Å². The number of carbonyl (C=O) groups excluding carboxylic acids is 2. The number of amides is 2. The van der Waals surface area contributed by atoms with Gasteiger partial charge in [-0.15, -0.1) is 0 Å². The van der Waals surface area contributed by atoms with Crippen LogP contribution in [0.15, 0.2) is 47.4 Å². The number of benzene rings is 2. The SMILES string of the molecule is CCC(C)Oc1ccccc1/C=C1\SC(=O)N(Cc2ccc(Cl)c(Cl)c2)C1=O. The van der Waals surface area contributed by atoms with Gasteiger partial charge in [0.1, 0.15) is 5.75 Å². The van der Waals surface area contributed by atoms with Crippen LogP contribution in [0.5, 0.6) is 5.75 Å². The first-order valence-corrected chi connectivity index (χ1v) is 10.4. The molecular formula is C21H19Cl2NO3S. The fourth-order valence-corrected chi connectivity index (χ4v) is 3.76. The van der Waals surface area contributed by atoms with E-state index in [2.05, 4.69) is 0 Å². The Bertz CT molecular complexity index is 945. The van der Waals surface area contributed by atoms with Crippen molar-refractivity contribution >= 4 is 52.2 Å². The summed E-state index contributed by atoms with van der Waals surface area (Å²) in [5.41, 5.74) is 1.50. The first-order valence-electron chi connectivity index (χ1n) is 8.84. The number of hydrogen-bond donors (Lipinski definition) is 0. The van der Waals surface area contributed by atoms with Crippen LogP contribution in [0.1, 0.15) is 31.4 Å². The Morgan fingerprint density at radius 2 is 1.89 bits per heavy atom. The minimum absolute atomic E-state index is 0.0549. The molecule has 28 heavy (non-hydrogen) atoms. The average Bonchev–Trinajstić information content (AvgIpc) is 2.93. The second kappa shape index (κ2) is 9.03. The molecule has 2 aromatic rings. The summed E-state index contributed by atoms with van der Waals surface area (Å²) in [5.74, 6) is 0.354. The number of ether oxygens (including phenoxy) is 1. The van der Waals surface area contributed by atoms with E-state index in [1.807, 2.05) is 38.1 Å². The highest BCUT2D eigenvalue weighted by atomic mass is 35.5. The molecule has 4 nitrogen and oxygen atoms in total. The molecule has 1 saturated heterocycles. The number of para-hydroxylation sites is 1. The first-order chi connectivity index (χ1) is 13.4. The summed E-state index contributed by atoms with van der Waals surface area (Å²) in [6, 6.07) is 12.5. The molecule has 2 amide bonds. The van der Waals surface area contributed by atoms with Gasteiger partial charge in [0.15, 0.2) is 0 Å². The molecular weight excluding hydrogens is 417 g/mol. The van der Waals surface area contributed by atoms with E-state index in [9.17, 15) is 9.59 Å². The molecule has 1 atom stereocenters. The quantitative estimate of drug-likeness (QED) is 0.491. The number of rotatable bonds is 6. The van der Waals surface area contributed by atoms with E-state index in [4.69, 9.17) is 27.9 Å². The zero-order valence-corrected chi connectivity index (χ0v) is 17.8. The van der Waals surface area contributed by atoms with E-state index in [1.165, 1.54) is 4.90 Å². The molecule has 1 heterocycles. The lowest BCUT2D eigenvalue weighted by Gasteiger charge is -2.15. The summed E-state index contributed by atoms with van der Waals surface area (Å²) in [6.07, 6.45) is 2.63. The molecule has 0 radical (unpaired) electrons. The third-order valence-corrected chi connectivity index (χ3v) is 5.95. The molecule has 0 saturated carbocycles. The molecule has 2 aromatic carbocycles. The first kappa shape index (κ1) is 20.8. The number of nitrogens with zero attached hydrogens (tertiary/aromatic N) is 1. The summed E-state index contributed by atoms with van der Waals surface area (Å²) >= 11 is 12.9. The van der Waals surface area contributed by atoms with Crippen LogP contribution < -0.4 is 4.74 Å². The molecule has 0 spiro atoms. The lowest BCUT2D eigenvalue weighted by atomic mass is 10.1. The second-order valence-electron chi connectivity index (χ2n) is 6.39. The van der Waals surface area contributed by atoms with Crippen molar-refractivity contribution in [1.29, 1.82) is 0 Å². The zero-order chi connectivity index (χ0) is 20.3. The van der Waals surface area contributed by atoms with Gasteiger partial charge < -0.3 is 4.74 Å². The molecule has 3 rings (SSSR count). The van der Waals surface area contributed by atoms with Gasteiger partial charge in [0, 0.05) is 5.56 Å². The van der Waals surface area contributed by atoms with Crippen LogP contribution >= 0.6 is 35.0 Å². The van der Waals surface area contributed by atoms with Crippen molar-refractivity contribution in [1.82, 2.24) is 4.90 Å². The lowest BCUT2D eigenvalue weighted by molar-refractivity contribution is -0.123. The van der Waals surface area contributed by atoms with E-state index in [0.29, 0.717) is 20.7 Å². The number of hydrogen-bond acceptors (Lipinski definition) is 4. The highest BCUT2D eigenvalue weighted by molar-refractivity contribution is 8.18. The maximum absolute atomic E-state index is 12.8. The van der Waals surface area contributed by atoms with Crippen molar-refractivity contribution < 1.29 is 14.3 Å². The topological polar surface area (TPSA) is 46.6 Å². The predicted molar refractivity (Wildman–Crippen MR) is 115 cm³/mol. The predicted octanol–water partition coefficient (Wildman–Crippen LogP) is 6.41. The Morgan fingerprint density at radius 1 is 1.14 bits per heavy atom. The van der Waals surface area contributed by atoms with E-state index >= 15 is 0 Å². The minimum Gasteiger partial charge on any atom is -0.490 e. The Morgan fingerprint density at radius 3 is 2.61 bits per heavy atom. The molecule has 7 heteroatoms. The van der Waals surface area contributed by atoms with Gasteiger partial charge in [-0.25, -0.2) is 0 Å². The molecule has 0 aromatic heterocycles. The number of thioether (sulfide) groups is 1. The van der Waals surface area contributed by atoms with Gasteiger partial charge >= 0.3 is 0 Å². The van der Waals surface area contributed by atoms with Gasteiger partial charge in [0.25, 0.3) is 11.1 Å². The van der Waals surface area contributed by atoms with Gasteiger partial charge in [0.05, 0.1) is 27.6 Å². The van der Waals surface area contributed by atoms with Crippen molar-refractivity contribution in [2.45, 2.75) is 32.9 Å². The molecule has 0 N–H and O–H groups in total. The van der Waals surface area contributed by atoms with Crippen LogP contribution in [-0.2, 0) is 11.3 Å². The van der Waals surface area contributed by atoms with Crippen molar-refractivity contribution in [2.75, 3.05) is 0 Å². The highest BCUT2D eigenvalue weighted by Crippen LogP contribution is 2.35. The van der Waals surface area contributed by atoms with Crippen LogP contribution in [-0.4, -0.2) is 22.2 Å². The summed E-state index contributed by atoms with van der Waals surface area (Å²) in [4.78, 5) is 26.7. The fraction of sp³-hybridized carbons (Fsp3) is 0.238. The van der Waals surface area contributed by atoms with E-state index < -0.39 is 0 Å². The largest absolute Gasteiger partial charge is 0.490 e. The molecule has 1 aliphatic heterocycles. The molecule has 0 aliphatic carbocycles. The van der Waals surface area contributed by atoms with Crippen molar-refractivity contribution in [3.05, 3.63) is 68.5 Å². The summed E-state index contributed by atoms with van der Waals surface area (Å²) < 4.78 is 5.92. The highest BCUT2D eigenvalue weighted by Gasteiger charge is 2.35.